The van der Waals surface area contributed by atoms with E-state index in [2.05, 4.69) is 15.4 Å². The van der Waals surface area contributed by atoms with Crippen molar-refractivity contribution in [2.75, 3.05) is 13.2 Å². The molecule has 4 heterocycles. The normalized spacial score (nSPS) is 26.0. The van der Waals surface area contributed by atoms with E-state index in [1.807, 2.05) is 10.3 Å². The zero-order chi connectivity index (χ0) is 19.9. The number of aliphatic hydroxyl groups is 1. The predicted molar refractivity (Wildman–Crippen MR) is 104 cm³/mol. The zero-order valence-corrected chi connectivity index (χ0v) is 17.0. The topological polar surface area (TPSA) is 100 Å². The van der Waals surface area contributed by atoms with E-state index in [0.29, 0.717) is 23.6 Å². The number of fused-ring (bicyclic) bond motifs is 2. The van der Waals surface area contributed by atoms with Gasteiger partial charge in [0.15, 0.2) is 0 Å². The summed E-state index contributed by atoms with van der Waals surface area (Å²) >= 11 is 7.69. The van der Waals surface area contributed by atoms with Crippen LogP contribution in [0, 0.1) is 5.41 Å². The monoisotopic (exact) mass is 423 g/mol. The summed E-state index contributed by atoms with van der Waals surface area (Å²) in [5, 5.41) is 18.3. The number of halogens is 1. The van der Waals surface area contributed by atoms with Gasteiger partial charge in [0, 0.05) is 37.5 Å². The molecule has 0 spiro atoms. The molecule has 0 aliphatic carbocycles. The van der Waals surface area contributed by atoms with E-state index < -0.39 is 5.41 Å². The number of carbonyl (C=O) groups is 2. The van der Waals surface area contributed by atoms with Gasteiger partial charge in [-0.2, -0.15) is 5.10 Å². The number of nitrogens with zero attached hydrogens (tertiary/aromatic N) is 4. The summed E-state index contributed by atoms with van der Waals surface area (Å²) in [6.07, 6.45) is 4.12. The number of nitrogens with one attached hydrogen (secondary N) is 1. The molecule has 10 heteroatoms. The first-order valence-corrected chi connectivity index (χ1v) is 10.6. The maximum absolute atomic E-state index is 13.3. The van der Waals surface area contributed by atoms with Gasteiger partial charge in [0.25, 0.3) is 5.91 Å². The Hall–Kier alpha value is -1.97. The number of rotatable bonds is 6. The van der Waals surface area contributed by atoms with Crippen LogP contribution in [0.1, 0.15) is 35.4 Å². The maximum Gasteiger partial charge on any atom is 0.274 e. The Morgan fingerprint density at radius 2 is 2.29 bits per heavy atom. The minimum atomic E-state index is -0.757. The lowest BCUT2D eigenvalue weighted by Gasteiger charge is -2.35. The molecule has 0 aromatic carbocycles. The van der Waals surface area contributed by atoms with Gasteiger partial charge in [0.05, 0.1) is 34.4 Å². The first-order valence-electron chi connectivity index (χ1n) is 9.24. The molecule has 0 radical (unpaired) electrons. The summed E-state index contributed by atoms with van der Waals surface area (Å²) in [6.45, 7) is 0.0659. The molecule has 2 aliphatic heterocycles. The molecule has 2 fully saturated rings. The van der Waals surface area contributed by atoms with Crippen molar-refractivity contribution in [3.05, 3.63) is 33.5 Å². The van der Waals surface area contributed by atoms with Gasteiger partial charge in [-0.3, -0.25) is 14.3 Å². The Bertz CT molecular complexity index is 866. The predicted octanol–water partition coefficient (Wildman–Crippen LogP) is 1.24. The summed E-state index contributed by atoms with van der Waals surface area (Å²) in [5.41, 5.74) is 2.19. The molecule has 0 saturated carbocycles. The molecule has 2 aromatic rings. The summed E-state index contributed by atoms with van der Waals surface area (Å²) in [7, 11) is 1.69. The van der Waals surface area contributed by atoms with Crippen molar-refractivity contribution in [1.82, 2.24) is 25.0 Å². The molecule has 2 aliphatic rings. The van der Waals surface area contributed by atoms with Crippen LogP contribution in [0.5, 0.6) is 0 Å². The second kappa shape index (κ2) is 7.46. The highest BCUT2D eigenvalue weighted by molar-refractivity contribution is 7.07. The number of carbonyl (C=O) groups excluding carboxylic acids is 2. The molecule has 28 heavy (non-hydrogen) atoms. The van der Waals surface area contributed by atoms with E-state index in [1.54, 1.807) is 12.6 Å². The average Bonchev–Trinajstić information content (AvgIpc) is 3.44. The fraction of sp³-hybridized carbons (Fsp3) is 0.556. The molecule has 2 bridgehead atoms. The van der Waals surface area contributed by atoms with Crippen LogP contribution in [0.15, 0.2) is 17.1 Å². The van der Waals surface area contributed by atoms with Gasteiger partial charge in [0.1, 0.15) is 5.69 Å². The highest BCUT2D eigenvalue weighted by Gasteiger charge is 2.61. The molecule has 2 N–H and O–H groups in total. The van der Waals surface area contributed by atoms with Crippen molar-refractivity contribution >= 4 is 34.8 Å². The van der Waals surface area contributed by atoms with Crippen LogP contribution in [0.3, 0.4) is 0 Å². The number of hydrogen-bond acceptors (Lipinski definition) is 6. The molecule has 4 rings (SSSR count). The third-order valence-electron chi connectivity index (χ3n) is 5.90. The lowest BCUT2D eigenvalue weighted by Crippen LogP contribution is -2.51. The lowest BCUT2D eigenvalue weighted by molar-refractivity contribution is -0.132. The van der Waals surface area contributed by atoms with Gasteiger partial charge in [-0.25, -0.2) is 4.98 Å². The Labute approximate surface area is 171 Å². The molecular weight excluding hydrogens is 402 g/mol. The third kappa shape index (κ3) is 3.01. The number of thiazole rings is 1. The largest absolute Gasteiger partial charge is 0.395 e. The van der Waals surface area contributed by atoms with Gasteiger partial charge < -0.3 is 15.3 Å². The number of amides is 2. The van der Waals surface area contributed by atoms with Crippen LogP contribution in [-0.4, -0.2) is 61.8 Å². The molecule has 2 saturated heterocycles. The van der Waals surface area contributed by atoms with Crippen LogP contribution in [0.4, 0.5) is 0 Å². The summed E-state index contributed by atoms with van der Waals surface area (Å²) in [6, 6.07) is -0.265. The van der Waals surface area contributed by atoms with Gasteiger partial charge in [0.2, 0.25) is 5.91 Å². The average molecular weight is 424 g/mol. The highest BCUT2D eigenvalue weighted by atomic mass is 35.5. The standard InChI is InChI=1S/C18H22ClN5O3S/c1-23-15(13(19)8-22-23)16(26)24-12-2-3-14(24)18(7-12,17(27)20-4-5-25)6-11-9-28-10-21-11/h8-10,12,14,25H,2-7H2,1H3,(H,20,27)/t12-,14+,18+/m1/s1. The fourth-order valence-corrected chi connectivity index (χ4v) is 5.58. The molecular formula is C18H22ClN5O3S. The van der Waals surface area contributed by atoms with Gasteiger partial charge in [-0.1, -0.05) is 11.6 Å². The number of aromatic nitrogens is 3. The summed E-state index contributed by atoms with van der Waals surface area (Å²) < 4.78 is 1.48. The van der Waals surface area contributed by atoms with E-state index in [4.69, 9.17) is 16.7 Å². The summed E-state index contributed by atoms with van der Waals surface area (Å²) in [5.74, 6) is -0.316. The smallest absolute Gasteiger partial charge is 0.274 e. The van der Waals surface area contributed by atoms with E-state index >= 15 is 0 Å². The van der Waals surface area contributed by atoms with Crippen molar-refractivity contribution in [2.24, 2.45) is 12.5 Å². The molecule has 8 nitrogen and oxygen atoms in total. The second-order valence-electron chi connectivity index (χ2n) is 7.42. The van der Waals surface area contributed by atoms with Gasteiger partial charge in [-0.15, -0.1) is 11.3 Å². The molecule has 150 valence electrons. The zero-order valence-electron chi connectivity index (χ0n) is 15.5. The Morgan fingerprint density at radius 3 is 2.93 bits per heavy atom. The van der Waals surface area contributed by atoms with Crippen LogP contribution < -0.4 is 5.32 Å². The SMILES string of the molecule is Cn1ncc(Cl)c1C(=O)N1[C@@H]2CC[C@H]1[C@@](Cc1cscn1)(C(=O)NCCO)C2. The molecule has 3 atom stereocenters. The van der Waals surface area contributed by atoms with E-state index in [1.165, 1.54) is 22.2 Å². The molecule has 0 unspecified atom stereocenters. The third-order valence-corrected chi connectivity index (χ3v) is 6.81. The Balaban J connectivity index is 1.69. The fourth-order valence-electron chi connectivity index (χ4n) is 4.77. The van der Waals surface area contributed by atoms with Crippen molar-refractivity contribution in [3.63, 3.8) is 0 Å². The second-order valence-corrected chi connectivity index (χ2v) is 8.55. The first kappa shape index (κ1) is 19.4. The first-order chi connectivity index (χ1) is 13.5. The lowest BCUT2D eigenvalue weighted by atomic mass is 9.70. The van der Waals surface area contributed by atoms with E-state index in [-0.39, 0.29) is 37.0 Å². The van der Waals surface area contributed by atoms with Crippen molar-refractivity contribution < 1.29 is 14.7 Å². The summed E-state index contributed by atoms with van der Waals surface area (Å²) in [4.78, 5) is 32.7. The van der Waals surface area contributed by atoms with Gasteiger partial charge >= 0.3 is 0 Å². The quantitative estimate of drug-likeness (QED) is 0.728. The Kier molecular flexibility index (Phi) is 5.15. The van der Waals surface area contributed by atoms with Crippen LogP contribution in [-0.2, 0) is 18.3 Å². The molecule has 2 aromatic heterocycles. The number of aliphatic hydroxyl groups excluding tert-OH is 1. The Morgan fingerprint density at radius 1 is 1.46 bits per heavy atom. The number of hydrogen-bond donors (Lipinski definition) is 2. The van der Waals surface area contributed by atoms with Crippen LogP contribution in [0.25, 0.3) is 0 Å². The van der Waals surface area contributed by atoms with Crippen molar-refractivity contribution in [2.45, 2.75) is 37.8 Å². The van der Waals surface area contributed by atoms with Crippen molar-refractivity contribution in [1.29, 1.82) is 0 Å². The van der Waals surface area contributed by atoms with E-state index in [9.17, 15) is 9.59 Å². The van der Waals surface area contributed by atoms with Crippen LogP contribution in [0.2, 0.25) is 5.02 Å². The molecule has 2 amide bonds. The van der Waals surface area contributed by atoms with Gasteiger partial charge in [-0.05, 0) is 19.3 Å². The highest BCUT2D eigenvalue weighted by Crippen LogP contribution is 2.52. The van der Waals surface area contributed by atoms with Crippen molar-refractivity contribution in [3.8, 4) is 0 Å². The number of aryl methyl sites for hydroxylation is 1. The van der Waals surface area contributed by atoms with Crippen LogP contribution >= 0.6 is 22.9 Å². The van der Waals surface area contributed by atoms with E-state index in [0.717, 1.165) is 18.5 Å². The maximum atomic E-state index is 13.3. The minimum absolute atomic E-state index is 0.0259. The minimum Gasteiger partial charge on any atom is -0.395 e.